The highest BCUT2D eigenvalue weighted by Gasteiger charge is 2.54. The molecule has 1 heterocycles. The number of aliphatic hydroxyl groups excluding tert-OH is 1. The van der Waals surface area contributed by atoms with Crippen molar-refractivity contribution in [2.75, 3.05) is 7.05 Å². The van der Waals surface area contributed by atoms with Crippen LogP contribution in [0.1, 0.15) is 12.8 Å². The average Bonchev–Trinajstić information content (AvgIpc) is 2.47. The van der Waals surface area contributed by atoms with Crippen LogP contribution in [0.3, 0.4) is 0 Å². The summed E-state index contributed by atoms with van der Waals surface area (Å²) in [6.45, 7) is 0. The SMILES string of the molecule is CN1C(=O)[C@H]2[C@H]([C@H]3C=C[C@@H]2CC3)[C@@H]1O. The molecule has 1 amide bonds. The van der Waals surface area contributed by atoms with Crippen LogP contribution in [-0.4, -0.2) is 29.2 Å². The second-order valence-electron chi connectivity index (χ2n) is 4.76. The van der Waals surface area contributed by atoms with E-state index in [-0.39, 0.29) is 17.7 Å². The van der Waals surface area contributed by atoms with E-state index >= 15 is 0 Å². The standard InChI is InChI=1S/C11H15NO2/c1-12-10(13)8-6-2-3-7(5-4-6)9(8)11(12)14/h2-3,6-10,13H,4-5H2,1H3/t6-,7+,8-,9+,10-/m0/s1. The Labute approximate surface area is 83.4 Å². The average molecular weight is 193 g/mol. The fourth-order valence-electron chi connectivity index (χ4n) is 3.41. The van der Waals surface area contributed by atoms with Gasteiger partial charge >= 0.3 is 0 Å². The number of fused-ring (bicyclic) bond motifs is 1. The van der Waals surface area contributed by atoms with Gasteiger partial charge in [-0.15, -0.1) is 0 Å². The van der Waals surface area contributed by atoms with E-state index in [9.17, 15) is 9.90 Å². The topological polar surface area (TPSA) is 40.5 Å². The van der Waals surface area contributed by atoms with Crippen LogP contribution in [0.25, 0.3) is 0 Å². The first-order valence-corrected chi connectivity index (χ1v) is 5.33. The van der Waals surface area contributed by atoms with Crippen LogP contribution in [-0.2, 0) is 4.79 Å². The number of carbonyl (C=O) groups is 1. The van der Waals surface area contributed by atoms with Gasteiger partial charge in [0, 0.05) is 13.0 Å². The predicted molar refractivity (Wildman–Crippen MR) is 51.1 cm³/mol. The summed E-state index contributed by atoms with van der Waals surface area (Å²) in [6.07, 6.45) is 6.09. The summed E-state index contributed by atoms with van der Waals surface area (Å²) in [6, 6.07) is 0. The maximum atomic E-state index is 11.9. The van der Waals surface area contributed by atoms with Crippen molar-refractivity contribution in [2.45, 2.75) is 19.1 Å². The molecule has 0 aromatic heterocycles. The van der Waals surface area contributed by atoms with Gasteiger partial charge in [-0.05, 0) is 24.7 Å². The van der Waals surface area contributed by atoms with Gasteiger partial charge in [0.25, 0.3) is 0 Å². The smallest absolute Gasteiger partial charge is 0.228 e. The van der Waals surface area contributed by atoms with Crippen LogP contribution in [0.2, 0.25) is 0 Å². The second-order valence-corrected chi connectivity index (χ2v) is 4.76. The molecule has 0 spiro atoms. The zero-order valence-electron chi connectivity index (χ0n) is 8.26. The third-order valence-electron chi connectivity index (χ3n) is 4.18. The molecule has 0 unspecified atom stereocenters. The molecular formula is C11H15NO2. The molecular weight excluding hydrogens is 178 g/mol. The molecule has 3 nitrogen and oxygen atoms in total. The van der Waals surface area contributed by atoms with Gasteiger partial charge in [-0.1, -0.05) is 12.2 Å². The molecule has 2 bridgehead atoms. The monoisotopic (exact) mass is 193 g/mol. The van der Waals surface area contributed by atoms with Crippen LogP contribution in [0.5, 0.6) is 0 Å². The first-order valence-electron chi connectivity index (χ1n) is 5.33. The summed E-state index contributed by atoms with van der Waals surface area (Å²) in [7, 11) is 1.71. The highest BCUT2D eigenvalue weighted by molar-refractivity contribution is 5.82. The predicted octanol–water partition coefficient (Wildman–Crippen LogP) is 0.605. The highest BCUT2D eigenvalue weighted by atomic mass is 16.3. The third kappa shape index (κ3) is 0.836. The van der Waals surface area contributed by atoms with Gasteiger partial charge in [0.1, 0.15) is 6.23 Å². The number of carbonyl (C=O) groups excluding carboxylic acids is 1. The van der Waals surface area contributed by atoms with E-state index in [1.165, 1.54) is 4.90 Å². The molecule has 0 radical (unpaired) electrons. The van der Waals surface area contributed by atoms with Gasteiger partial charge in [-0.25, -0.2) is 0 Å². The molecule has 76 valence electrons. The van der Waals surface area contributed by atoms with E-state index in [1.54, 1.807) is 7.05 Å². The van der Waals surface area contributed by atoms with Crippen molar-refractivity contribution >= 4 is 5.91 Å². The molecule has 0 aromatic rings. The lowest BCUT2D eigenvalue weighted by Crippen LogP contribution is -2.39. The quantitative estimate of drug-likeness (QED) is 0.572. The lowest BCUT2D eigenvalue weighted by atomic mass is 9.63. The molecule has 1 saturated heterocycles. The highest BCUT2D eigenvalue weighted by Crippen LogP contribution is 2.50. The molecule has 3 heteroatoms. The van der Waals surface area contributed by atoms with E-state index in [1.807, 2.05) is 0 Å². The van der Waals surface area contributed by atoms with Gasteiger partial charge in [-0.3, -0.25) is 4.79 Å². The maximum Gasteiger partial charge on any atom is 0.228 e. The van der Waals surface area contributed by atoms with Crippen molar-refractivity contribution in [3.05, 3.63) is 12.2 Å². The number of rotatable bonds is 0. The number of nitrogens with zero attached hydrogens (tertiary/aromatic N) is 1. The molecule has 1 N–H and O–H groups in total. The van der Waals surface area contributed by atoms with Crippen molar-refractivity contribution in [1.29, 1.82) is 0 Å². The first-order chi connectivity index (χ1) is 6.70. The number of likely N-dealkylation sites (tertiary alicyclic amines) is 1. The molecule has 4 rings (SSSR count). The summed E-state index contributed by atoms with van der Waals surface area (Å²) >= 11 is 0. The van der Waals surface area contributed by atoms with Crippen LogP contribution in [0.4, 0.5) is 0 Å². The Morgan fingerprint density at radius 2 is 2.00 bits per heavy atom. The zero-order chi connectivity index (χ0) is 9.87. The Hall–Kier alpha value is -0.830. The van der Waals surface area contributed by atoms with Crippen LogP contribution in [0.15, 0.2) is 12.2 Å². The molecule has 4 aliphatic rings. The van der Waals surface area contributed by atoms with E-state index in [2.05, 4.69) is 12.2 Å². The summed E-state index contributed by atoms with van der Waals surface area (Å²) in [5, 5.41) is 9.96. The molecule has 2 fully saturated rings. The normalized spacial score (nSPS) is 50.0. The fourth-order valence-corrected chi connectivity index (χ4v) is 3.41. The minimum Gasteiger partial charge on any atom is -0.373 e. The van der Waals surface area contributed by atoms with Gasteiger partial charge in [-0.2, -0.15) is 0 Å². The Morgan fingerprint density at radius 1 is 1.36 bits per heavy atom. The van der Waals surface area contributed by atoms with Crippen LogP contribution >= 0.6 is 0 Å². The first kappa shape index (κ1) is 8.48. The van der Waals surface area contributed by atoms with Crippen molar-refractivity contribution in [3.63, 3.8) is 0 Å². The van der Waals surface area contributed by atoms with Crippen molar-refractivity contribution in [2.24, 2.45) is 23.7 Å². The number of aliphatic hydroxyl groups is 1. The van der Waals surface area contributed by atoms with E-state index in [0.717, 1.165) is 12.8 Å². The maximum absolute atomic E-state index is 11.9. The second kappa shape index (κ2) is 2.60. The Balaban J connectivity index is 2.03. The van der Waals surface area contributed by atoms with Crippen LogP contribution < -0.4 is 0 Å². The molecule has 3 aliphatic carbocycles. The number of hydrogen-bond acceptors (Lipinski definition) is 2. The number of allylic oxidation sites excluding steroid dienone is 2. The number of amides is 1. The Kier molecular flexibility index (Phi) is 1.57. The number of hydrogen-bond donors (Lipinski definition) is 1. The Bertz CT molecular complexity index is 312. The van der Waals surface area contributed by atoms with E-state index in [0.29, 0.717) is 11.8 Å². The van der Waals surface area contributed by atoms with Crippen molar-refractivity contribution in [3.8, 4) is 0 Å². The summed E-state index contributed by atoms with van der Waals surface area (Å²) < 4.78 is 0. The lowest BCUT2D eigenvalue weighted by Gasteiger charge is -2.40. The van der Waals surface area contributed by atoms with Gasteiger partial charge in [0.2, 0.25) is 5.91 Å². The lowest BCUT2D eigenvalue weighted by molar-refractivity contribution is -0.134. The summed E-state index contributed by atoms with van der Waals surface area (Å²) in [5.41, 5.74) is 0. The molecule has 14 heavy (non-hydrogen) atoms. The molecule has 1 aliphatic heterocycles. The zero-order valence-corrected chi connectivity index (χ0v) is 8.26. The van der Waals surface area contributed by atoms with Gasteiger partial charge < -0.3 is 10.0 Å². The van der Waals surface area contributed by atoms with Crippen LogP contribution in [0, 0.1) is 23.7 Å². The summed E-state index contributed by atoms with van der Waals surface area (Å²) in [4.78, 5) is 13.4. The fraction of sp³-hybridized carbons (Fsp3) is 0.727. The van der Waals surface area contributed by atoms with Crippen molar-refractivity contribution < 1.29 is 9.90 Å². The molecule has 5 atom stereocenters. The molecule has 0 aromatic carbocycles. The molecule has 1 saturated carbocycles. The largest absolute Gasteiger partial charge is 0.373 e. The van der Waals surface area contributed by atoms with E-state index < -0.39 is 6.23 Å². The Morgan fingerprint density at radius 3 is 2.57 bits per heavy atom. The minimum absolute atomic E-state index is 0.0683. The van der Waals surface area contributed by atoms with Gasteiger partial charge in [0.15, 0.2) is 0 Å². The van der Waals surface area contributed by atoms with Crippen molar-refractivity contribution in [1.82, 2.24) is 4.90 Å². The minimum atomic E-state index is -0.551. The summed E-state index contributed by atoms with van der Waals surface area (Å²) in [5.74, 6) is 1.18. The van der Waals surface area contributed by atoms with E-state index in [4.69, 9.17) is 0 Å². The van der Waals surface area contributed by atoms with Gasteiger partial charge in [0.05, 0.1) is 5.92 Å². The third-order valence-corrected chi connectivity index (χ3v) is 4.18.